The molecule has 10 heteroatoms. The predicted molar refractivity (Wildman–Crippen MR) is 133 cm³/mol. The lowest BCUT2D eigenvalue weighted by Crippen LogP contribution is -2.38. The Balaban J connectivity index is 1.34. The molecular formula is C28H25F4N3O3. The van der Waals surface area contributed by atoms with Gasteiger partial charge in [0, 0.05) is 36.8 Å². The highest BCUT2D eigenvalue weighted by Crippen LogP contribution is 2.33. The summed E-state index contributed by atoms with van der Waals surface area (Å²) in [6.45, 7) is 4.30. The summed E-state index contributed by atoms with van der Waals surface area (Å²) < 4.78 is 71.4. The molecule has 6 nitrogen and oxygen atoms in total. The Hall–Kier alpha value is -3.76. The molecule has 0 N–H and O–H groups in total. The number of morpholine rings is 1. The average molecular weight is 528 g/mol. The van der Waals surface area contributed by atoms with E-state index in [1.165, 1.54) is 18.2 Å². The Morgan fingerprint density at radius 3 is 2.42 bits per heavy atom. The van der Waals surface area contributed by atoms with Gasteiger partial charge in [-0.2, -0.15) is 18.2 Å². The van der Waals surface area contributed by atoms with Crippen LogP contribution in [0.4, 0.5) is 17.6 Å². The number of alkyl halides is 3. The van der Waals surface area contributed by atoms with Crippen LogP contribution in [-0.2, 0) is 17.5 Å². The standard InChI is InChI=1S/C28H25F4N3O3/c29-24-4-2-1-3-22(24)18-38-26-17-25(28(30,31)32)33-27(34-26)21-6-5-20-16-23(8-7-19(20)15-21)37-14-11-35-9-12-36-13-10-35/h1-8,15-17H,9-14,18H2. The highest BCUT2D eigenvalue weighted by atomic mass is 19.4. The van der Waals surface area contributed by atoms with Crippen LogP contribution in [0.15, 0.2) is 66.7 Å². The predicted octanol–water partition coefficient (Wildman–Crippen LogP) is 5.74. The molecule has 1 fully saturated rings. The Labute approximate surface area is 216 Å². The fourth-order valence-electron chi connectivity index (χ4n) is 4.11. The third-order valence-corrected chi connectivity index (χ3v) is 6.18. The number of benzene rings is 3. The molecule has 4 aromatic rings. The van der Waals surface area contributed by atoms with E-state index in [1.807, 2.05) is 18.2 Å². The molecule has 3 aromatic carbocycles. The van der Waals surface area contributed by atoms with Gasteiger partial charge in [-0.05, 0) is 35.0 Å². The Kier molecular flexibility index (Phi) is 7.71. The number of aromatic nitrogens is 2. The van der Waals surface area contributed by atoms with Crippen LogP contribution in [-0.4, -0.2) is 54.3 Å². The quantitative estimate of drug-likeness (QED) is 0.272. The van der Waals surface area contributed by atoms with E-state index >= 15 is 0 Å². The lowest BCUT2D eigenvalue weighted by molar-refractivity contribution is -0.141. The van der Waals surface area contributed by atoms with Gasteiger partial charge in [0.1, 0.15) is 24.8 Å². The van der Waals surface area contributed by atoms with Gasteiger partial charge in [-0.1, -0.05) is 36.4 Å². The molecule has 0 spiro atoms. The molecule has 0 amide bonds. The SMILES string of the molecule is Fc1ccccc1COc1cc(C(F)(F)F)nc(-c2ccc3cc(OCCN4CCOCC4)ccc3c2)n1. The van der Waals surface area contributed by atoms with Crippen LogP contribution in [0.25, 0.3) is 22.2 Å². The molecule has 1 aliphatic heterocycles. The minimum absolute atomic E-state index is 0.143. The molecule has 38 heavy (non-hydrogen) atoms. The summed E-state index contributed by atoms with van der Waals surface area (Å²) in [7, 11) is 0. The van der Waals surface area contributed by atoms with Crippen molar-refractivity contribution in [3.63, 3.8) is 0 Å². The molecule has 2 heterocycles. The van der Waals surface area contributed by atoms with Crippen molar-refractivity contribution in [2.75, 3.05) is 39.5 Å². The smallest absolute Gasteiger partial charge is 0.433 e. The number of nitrogens with zero attached hydrogens (tertiary/aromatic N) is 3. The number of rotatable bonds is 8. The normalized spacial score (nSPS) is 14.5. The summed E-state index contributed by atoms with van der Waals surface area (Å²) in [5.41, 5.74) is -0.551. The second kappa shape index (κ2) is 11.3. The highest BCUT2D eigenvalue weighted by molar-refractivity contribution is 5.87. The second-order valence-corrected chi connectivity index (χ2v) is 8.82. The van der Waals surface area contributed by atoms with Crippen LogP contribution in [0, 0.1) is 5.82 Å². The molecule has 0 unspecified atom stereocenters. The number of halogens is 4. The highest BCUT2D eigenvalue weighted by Gasteiger charge is 2.34. The number of fused-ring (bicyclic) bond motifs is 1. The summed E-state index contributed by atoms with van der Waals surface area (Å²) in [5, 5.41) is 1.65. The van der Waals surface area contributed by atoms with Gasteiger partial charge < -0.3 is 14.2 Å². The molecule has 0 saturated carbocycles. The van der Waals surface area contributed by atoms with Crippen LogP contribution in [0.2, 0.25) is 0 Å². The van der Waals surface area contributed by atoms with Gasteiger partial charge in [0.15, 0.2) is 11.5 Å². The second-order valence-electron chi connectivity index (χ2n) is 8.82. The van der Waals surface area contributed by atoms with E-state index < -0.39 is 17.7 Å². The van der Waals surface area contributed by atoms with E-state index in [4.69, 9.17) is 14.2 Å². The molecule has 5 rings (SSSR count). The maximum atomic E-state index is 13.9. The third-order valence-electron chi connectivity index (χ3n) is 6.18. The van der Waals surface area contributed by atoms with Gasteiger partial charge in [-0.15, -0.1) is 0 Å². The summed E-state index contributed by atoms with van der Waals surface area (Å²) >= 11 is 0. The minimum atomic E-state index is -4.71. The van der Waals surface area contributed by atoms with Gasteiger partial charge in [0.25, 0.3) is 0 Å². The fourth-order valence-corrected chi connectivity index (χ4v) is 4.11. The monoisotopic (exact) mass is 527 g/mol. The zero-order chi connectivity index (χ0) is 26.5. The lowest BCUT2D eigenvalue weighted by Gasteiger charge is -2.26. The molecule has 0 bridgehead atoms. The maximum Gasteiger partial charge on any atom is 0.433 e. The van der Waals surface area contributed by atoms with Crippen LogP contribution in [0.1, 0.15) is 11.3 Å². The lowest BCUT2D eigenvalue weighted by atomic mass is 10.1. The van der Waals surface area contributed by atoms with Gasteiger partial charge in [0.2, 0.25) is 5.88 Å². The Bertz CT molecular complexity index is 1410. The average Bonchev–Trinajstić information content (AvgIpc) is 2.92. The third kappa shape index (κ3) is 6.38. The molecule has 0 aliphatic carbocycles. The van der Waals surface area contributed by atoms with E-state index in [0.717, 1.165) is 43.6 Å². The van der Waals surface area contributed by atoms with Gasteiger partial charge in [-0.3, -0.25) is 4.90 Å². The largest absolute Gasteiger partial charge is 0.492 e. The first-order valence-corrected chi connectivity index (χ1v) is 12.1. The van der Waals surface area contributed by atoms with Gasteiger partial charge in [0.05, 0.1) is 13.2 Å². The number of hydrogen-bond donors (Lipinski definition) is 0. The zero-order valence-corrected chi connectivity index (χ0v) is 20.4. The first kappa shape index (κ1) is 25.9. The molecule has 0 atom stereocenters. The van der Waals surface area contributed by atoms with Crippen molar-refractivity contribution in [2.24, 2.45) is 0 Å². The van der Waals surface area contributed by atoms with Crippen LogP contribution in [0.5, 0.6) is 11.6 Å². The van der Waals surface area contributed by atoms with E-state index in [0.29, 0.717) is 24.0 Å². The minimum Gasteiger partial charge on any atom is -0.492 e. The first-order chi connectivity index (χ1) is 18.3. The van der Waals surface area contributed by atoms with Gasteiger partial charge >= 0.3 is 6.18 Å². The maximum absolute atomic E-state index is 13.9. The molecular weight excluding hydrogens is 502 g/mol. The van der Waals surface area contributed by atoms with E-state index in [-0.39, 0.29) is 23.9 Å². The van der Waals surface area contributed by atoms with Crippen molar-refractivity contribution < 1.29 is 31.8 Å². The number of ether oxygens (including phenoxy) is 3. The van der Waals surface area contributed by atoms with E-state index in [2.05, 4.69) is 14.9 Å². The first-order valence-electron chi connectivity index (χ1n) is 12.1. The van der Waals surface area contributed by atoms with Crippen molar-refractivity contribution in [3.8, 4) is 23.0 Å². The van der Waals surface area contributed by atoms with Crippen LogP contribution in [0.3, 0.4) is 0 Å². The summed E-state index contributed by atoms with van der Waals surface area (Å²) in [6.07, 6.45) is -4.71. The summed E-state index contributed by atoms with van der Waals surface area (Å²) in [4.78, 5) is 10.2. The molecule has 1 saturated heterocycles. The van der Waals surface area contributed by atoms with Crippen LogP contribution >= 0.6 is 0 Å². The van der Waals surface area contributed by atoms with Gasteiger partial charge in [-0.25, -0.2) is 9.37 Å². The van der Waals surface area contributed by atoms with Crippen molar-refractivity contribution in [3.05, 3.63) is 83.8 Å². The molecule has 1 aliphatic rings. The van der Waals surface area contributed by atoms with E-state index in [1.54, 1.807) is 24.3 Å². The Morgan fingerprint density at radius 1 is 0.868 bits per heavy atom. The van der Waals surface area contributed by atoms with Crippen LogP contribution < -0.4 is 9.47 Å². The van der Waals surface area contributed by atoms with E-state index in [9.17, 15) is 17.6 Å². The summed E-state index contributed by atoms with van der Waals surface area (Å²) in [6, 6.07) is 17.3. The number of hydrogen-bond acceptors (Lipinski definition) is 6. The van der Waals surface area contributed by atoms with Crippen molar-refractivity contribution in [1.29, 1.82) is 0 Å². The topological polar surface area (TPSA) is 56.7 Å². The Morgan fingerprint density at radius 2 is 1.63 bits per heavy atom. The van der Waals surface area contributed by atoms with Crippen molar-refractivity contribution in [1.82, 2.24) is 14.9 Å². The van der Waals surface area contributed by atoms with Crippen molar-refractivity contribution >= 4 is 10.8 Å². The fraction of sp³-hybridized carbons (Fsp3) is 0.286. The van der Waals surface area contributed by atoms with Crippen molar-refractivity contribution in [2.45, 2.75) is 12.8 Å². The molecule has 1 aromatic heterocycles. The molecule has 0 radical (unpaired) electrons. The zero-order valence-electron chi connectivity index (χ0n) is 20.4. The molecule has 198 valence electrons. The summed E-state index contributed by atoms with van der Waals surface area (Å²) in [5.74, 6) is -0.250.